The molecule has 7 nitrogen and oxygen atoms in total. The van der Waals surface area contributed by atoms with Gasteiger partial charge in [-0.05, 0) is 24.6 Å². The average molecular weight is 392 g/mol. The average Bonchev–Trinajstić information content (AvgIpc) is 2.66. The number of aryl methyl sites for hydroxylation is 1. The highest BCUT2D eigenvalue weighted by Gasteiger charge is 2.47. The molecule has 148 valence electrons. The van der Waals surface area contributed by atoms with Gasteiger partial charge in [0.05, 0.1) is 17.3 Å². The molecular formula is C18H19F3N6O. The Hall–Kier alpha value is -2.75. The minimum Gasteiger partial charge on any atom is -0.354 e. The number of alkyl halides is 3. The number of aromatic nitrogens is 3. The first-order chi connectivity index (χ1) is 13.3. The molecule has 1 saturated heterocycles. The molecular weight excluding hydrogens is 373 g/mol. The zero-order chi connectivity index (χ0) is 19.9. The maximum atomic E-state index is 13.7. The number of carbonyl (C=O) groups is 1. The zero-order valence-electron chi connectivity index (χ0n) is 15.2. The van der Waals surface area contributed by atoms with Crippen LogP contribution in [0.1, 0.15) is 23.5 Å². The molecule has 1 atom stereocenters. The Bertz CT molecular complexity index is 911. The van der Waals surface area contributed by atoms with Crippen LogP contribution in [0.15, 0.2) is 18.5 Å². The van der Waals surface area contributed by atoms with E-state index in [4.69, 9.17) is 0 Å². The number of amides is 1. The van der Waals surface area contributed by atoms with Gasteiger partial charge in [-0.15, -0.1) is 0 Å². The van der Waals surface area contributed by atoms with Crippen LogP contribution in [0.3, 0.4) is 0 Å². The van der Waals surface area contributed by atoms with Gasteiger partial charge in [0.2, 0.25) is 5.91 Å². The third-order valence-corrected chi connectivity index (χ3v) is 4.91. The molecule has 0 unspecified atom stereocenters. The van der Waals surface area contributed by atoms with Crippen molar-refractivity contribution < 1.29 is 18.0 Å². The number of nitrogens with zero attached hydrogens (tertiary/aromatic N) is 4. The van der Waals surface area contributed by atoms with Gasteiger partial charge < -0.3 is 15.5 Å². The van der Waals surface area contributed by atoms with Crippen LogP contribution in [0.2, 0.25) is 0 Å². The number of anilines is 2. The zero-order valence-corrected chi connectivity index (χ0v) is 15.2. The van der Waals surface area contributed by atoms with Crippen LogP contribution in [0.5, 0.6) is 0 Å². The van der Waals surface area contributed by atoms with Crippen LogP contribution in [0, 0.1) is 6.92 Å². The van der Waals surface area contributed by atoms with Gasteiger partial charge in [0, 0.05) is 38.2 Å². The molecule has 28 heavy (non-hydrogen) atoms. The van der Waals surface area contributed by atoms with E-state index in [1.54, 1.807) is 6.07 Å². The largest absolute Gasteiger partial charge is 0.396 e. The molecule has 0 aromatic carbocycles. The Morgan fingerprint density at radius 2 is 1.93 bits per heavy atom. The number of pyridine rings is 1. The summed E-state index contributed by atoms with van der Waals surface area (Å²) >= 11 is 0. The van der Waals surface area contributed by atoms with E-state index in [1.165, 1.54) is 0 Å². The summed E-state index contributed by atoms with van der Waals surface area (Å²) in [5, 5.41) is 5.69. The second kappa shape index (κ2) is 7.01. The van der Waals surface area contributed by atoms with Crippen molar-refractivity contribution >= 4 is 17.5 Å². The van der Waals surface area contributed by atoms with Crippen molar-refractivity contribution in [3.8, 4) is 11.4 Å². The molecule has 10 heteroatoms. The Kier molecular flexibility index (Phi) is 4.66. The number of carbonyl (C=O) groups excluding carboxylic acids is 1. The van der Waals surface area contributed by atoms with E-state index in [0.29, 0.717) is 11.5 Å². The molecule has 2 aromatic heterocycles. The van der Waals surface area contributed by atoms with E-state index in [1.807, 2.05) is 13.0 Å². The summed E-state index contributed by atoms with van der Waals surface area (Å²) in [7, 11) is 0. The second-order valence-electron chi connectivity index (χ2n) is 6.96. The number of fused-ring (bicyclic) bond motifs is 1. The van der Waals surface area contributed by atoms with E-state index < -0.39 is 24.4 Å². The molecule has 0 aliphatic carbocycles. The molecule has 2 aliphatic rings. The van der Waals surface area contributed by atoms with Gasteiger partial charge in [-0.25, -0.2) is 15.0 Å². The summed E-state index contributed by atoms with van der Waals surface area (Å²) in [6, 6.07) is 3.61. The minimum absolute atomic E-state index is 0.101. The van der Waals surface area contributed by atoms with Gasteiger partial charge in [0.1, 0.15) is 18.0 Å². The number of halogens is 3. The van der Waals surface area contributed by atoms with Crippen molar-refractivity contribution in [1.82, 2.24) is 20.3 Å². The van der Waals surface area contributed by atoms with Crippen molar-refractivity contribution in [3.05, 3.63) is 29.6 Å². The monoisotopic (exact) mass is 392 g/mol. The highest BCUT2D eigenvalue weighted by Crippen LogP contribution is 2.45. The van der Waals surface area contributed by atoms with E-state index in [9.17, 15) is 18.0 Å². The van der Waals surface area contributed by atoms with Gasteiger partial charge in [-0.2, -0.15) is 13.2 Å². The van der Waals surface area contributed by atoms with Crippen molar-refractivity contribution in [2.24, 2.45) is 0 Å². The van der Waals surface area contributed by atoms with Crippen LogP contribution in [0.4, 0.5) is 24.8 Å². The molecule has 0 saturated carbocycles. The lowest BCUT2D eigenvalue weighted by Crippen LogP contribution is -2.44. The quantitative estimate of drug-likeness (QED) is 0.816. The molecule has 0 spiro atoms. The van der Waals surface area contributed by atoms with Crippen LogP contribution in [-0.4, -0.2) is 53.2 Å². The van der Waals surface area contributed by atoms with E-state index in [-0.39, 0.29) is 17.1 Å². The summed E-state index contributed by atoms with van der Waals surface area (Å²) in [6.07, 6.45) is -4.12. The number of rotatable bonds is 2. The van der Waals surface area contributed by atoms with Crippen LogP contribution < -0.4 is 15.5 Å². The van der Waals surface area contributed by atoms with Gasteiger partial charge in [0.25, 0.3) is 0 Å². The second-order valence-corrected chi connectivity index (χ2v) is 6.96. The molecule has 4 rings (SSSR count). The number of nitrogens with one attached hydrogen (secondary N) is 2. The normalized spacial score (nSPS) is 19.9. The standard InChI is InChI=1S/C18H19F3N6O/c1-10-6-12(25-13(7-10)27-4-2-22-3-5-27)16-15-11(18(19,20)21)8-14(28)26-17(15)24-9-23-16/h6-7,9,11,22H,2-5,8H2,1H3,(H,23,24,26,28)/t11-/m1/s1. The molecule has 0 bridgehead atoms. The Morgan fingerprint density at radius 1 is 1.18 bits per heavy atom. The highest BCUT2D eigenvalue weighted by molar-refractivity contribution is 5.95. The van der Waals surface area contributed by atoms with Gasteiger partial charge in [0.15, 0.2) is 0 Å². The molecule has 4 heterocycles. The predicted octanol–water partition coefficient (Wildman–Crippen LogP) is 2.24. The van der Waals surface area contributed by atoms with Crippen LogP contribution in [-0.2, 0) is 4.79 Å². The summed E-state index contributed by atoms with van der Waals surface area (Å²) in [6.45, 7) is 5.03. The van der Waals surface area contributed by atoms with Gasteiger partial charge in [-0.3, -0.25) is 4.79 Å². The lowest BCUT2D eigenvalue weighted by atomic mass is 9.89. The maximum Gasteiger partial charge on any atom is 0.396 e. The smallest absolute Gasteiger partial charge is 0.354 e. The van der Waals surface area contributed by atoms with Crippen LogP contribution >= 0.6 is 0 Å². The summed E-state index contributed by atoms with van der Waals surface area (Å²) < 4.78 is 41.0. The van der Waals surface area contributed by atoms with E-state index in [2.05, 4.69) is 30.5 Å². The Morgan fingerprint density at radius 3 is 2.64 bits per heavy atom. The Balaban J connectivity index is 1.83. The van der Waals surface area contributed by atoms with Crippen molar-refractivity contribution in [3.63, 3.8) is 0 Å². The third kappa shape index (κ3) is 3.51. The molecule has 2 N–H and O–H groups in total. The first kappa shape index (κ1) is 18.6. The Labute approximate surface area is 159 Å². The number of hydrogen-bond acceptors (Lipinski definition) is 6. The van der Waals surface area contributed by atoms with Crippen molar-refractivity contribution in [2.45, 2.75) is 25.4 Å². The highest BCUT2D eigenvalue weighted by atomic mass is 19.4. The molecule has 1 amide bonds. The SMILES string of the molecule is Cc1cc(-c2ncnc3c2[C@H](C(F)(F)F)CC(=O)N3)nc(N2CCNCC2)c1. The molecule has 1 fully saturated rings. The number of piperazine rings is 1. The van der Waals surface area contributed by atoms with E-state index in [0.717, 1.165) is 38.1 Å². The topological polar surface area (TPSA) is 83.0 Å². The minimum atomic E-state index is -4.59. The lowest BCUT2D eigenvalue weighted by molar-refractivity contribution is -0.156. The van der Waals surface area contributed by atoms with Gasteiger partial charge in [-0.1, -0.05) is 0 Å². The maximum absolute atomic E-state index is 13.7. The lowest BCUT2D eigenvalue weighted by Gasteiger charge is -2.30. The summed E-state index contributed by atoms with van der Waals surface area (Å²) in [5.74, 6) is -2.07. The first-order valence-electron chi connectivity index (χ1n) is 8.99. The van der Waals surface area contributed by atoms with Crippen molar-refractivity contribution in [1.29, 1.82) is 0 Å². The van der Waals surface area contributed by atoms with Gasteiger partial charge >= 0.3 is 6.18 Å². The summed E-state index contributed by atoms with van der Waals surface area (Å²) in [4.78, 5) is 26.4. The fourth-order valence-corrected chi connectivity index (χ4v) is 3.61. The predicted molar refractivity (Wildman–Crippen MR) is 97.1 cm³/mol. The van der Waals surface area contributed by atoms with Crippen molar-refractivity contribution in [2.75, 3.05) is 36.4 Å². The molecule has 2 aromatic rings. The van der Waals surface area contributed by atoms with Crippen LogP contribution in [0.25, 0.3) is 11.4 Å². The summed E-state index contributed by atoms with van der Waals surface area (Å²) in [5.41, 5.74) is 1.19. The molecule has 2 aliphatic heterocycles. The fourth-order valence-electron chi connectivity index (χ4n) is 3.61. The van der Waals surface area contributed by atoms with E-state index >= 15 is 0 Å². The molecule has 0 radical (unpaired) electrons. The number of hydrogen-bond donors (Lipinski definition) is 2. The third-order valence-electron chi connectivity index (χ3n) is 4.91. The fraction of sp³-hybridized carbons (Fsp3) is 0.444. The first-order valence-corrected chi connectivity index (χ1v) is 8.99.